The number of nitrogen functional groups attached to an aromatic ring is 2. The van der Waals surface area contributed by atoms with E-state index in [1.54, 1.807) is 0 Å². The first-order valence-electron chi connectivity index (χ1n) is 9.06. The van der Waals surface area contributed by atoms with Gasteiger partial charge >= 0.3 is 0 Å². The van der Waals surface area contributed by atoms with E-state index in [2.05, 4.69) is 0 Å². The standard InChI is InChI=1S/C19H20N4O7/c20-7-3-8(21)13(24)10-5(7)1-4-2-6-12(22)15(26)11(18(23)29)17(28)19(6,30)16(27)9(4)14(10)25/h3-4,6,12,24-25,28,30H,1-2,20-22H2,(H2,23,29)/t4-,6-,12?,19-/m0/s1. The van der Waals surface area contributed by atoms with Crippen LogP contribution in [0.3, 0.4) is 0 Å². The van der Waals surface area contributed by atoms with Gasteiger partial charge in [0.05, 0.1) is 17.3 Å². The number of fused-ring (bicyclic) bond motifs is 3. The Morgan fingerprint density at radius 3 is 2.37 bits per heavy atom. The number of hydrogen-bond donors (Lipinski definition) is 8. The second kappa shape index (κ2) is 5.97. The van der Waals surface area contributed by atoms with Crippen LogP contribution in [0.25, 0.3) is 5.76 Å². The summed E-state index contributed by atoms with van der Waals surface area (Å²) in [7, 11) is 0. The minimum absolute atomic E-state index is 0.0841. The summed E-state index contributed by atoms with van der Waals surface area (Å²) in [6.45, 7) is 0. The van der Waals surface area contributed by atoms with Crippen molar-refractivity contribution in [3.63, 3.8) is 0 Å². The van der Waals surface area contributed by atoms with E-state index < -0.39 is 63.8 Å². The van der Waals surface area contributed by atoms with Crippen LogP contribution >= 0.6 is 0 Å². The number of amides is 1. The third-order valence-electron chi connectivity index (χ3n) is 6.31. The van der Waals surface area contributed by atoms with E-state index in [4.69, 9.17) is 22.9 Å². The molecule has 158 valence electrons. The van der Waals surface area contributed by atoms with Crippen LogP contribution in [0.5, 0.6) is 5.75 Å². The lowest BCUT2D eigenvalue weighted by Gasteiger charge is -2.48. The van der Waals surface area contributed by atoms with Crippen molar-refractivity contribution in [2.45, 2.75) is 24.5 Å². The van der Waals surface area contributed by atoms with Crippen LogP contribution in [0.4, 0.5) is 11.4 Å². The first-order chi connectivity index (χ1) is 13.9. The Kier molecular flexibility index (Phi) is 3.93. The van der Waals surface area contributed by atoms with Crippen LogP contribution in [-0.2, 0) is 20.8 Å². The van der Waals surface area contributed by atoms with Gasteiger partial charge in [-0.3, -0.25) is 14.4 Å². The van der Waals surface area contributed by atoms with Gasteiger partial charge in [0.15, 0.2) is 11.4 Å². The second-order valence-corrected chi connectivity index (χ2v) is 7.84. The summed E-state index contributed by atoms with van der Waals surface area (Å²) in [6.07, 6.45) is -0.00452. The highest BCUT2D eigenvalue weighted by Gasteiger charge is 2.63. The van der Waals surface area contributed by atoms with Crippen LogP contribution in [0.2, 0.25) is 0 Å². The van der Waals surface area contributed by atoms with Crippen molar-refractivity contribution in [3.8, 4) is 5.75 Å². The van der Waals surface area contributed by atoms with Gasteiger partial charge in [-0.2, -0.15) is 0 Å². The SMILES string of the molecule is NC(=O)C1=C(O)[C@@]2(O)C(=O)C3=C(O)c4c(O)c(N)cc(N)c4C[C@H]3C[C@H]2C(N)C1=O. The zero-order valence-electron chi connectivity index (χ0n) is 15.5. The zero-order chi connectivity index (χ0) is 22.3. The maximum Gasteiger partial charge on any atom is 0.255 e. The number of aliphatic hydroxyl groups excluding tert-OH is 2. The number of Topliss-reactive ketones (excluding diaryl/α,β-unsaturated/α-hetero) is 2. The molecule has 1 aromatic rings. The van der Waals surface area contributed by atoms with Gasteiger partial charge in [0.2, 0.25) is 5.78 Å². The topological polar surface area (TPSA) is 236 Å². The number of carbonyl (C=O) groups excluding carboxylic acids is 3. The van der Waals surface area contributed by atoms with E-state index in [1.807, 2.05) is 0 Å². The number of rotatable bonds is 1. The molecule has 0 aliphatic heterocycles. The van der Waals surface area contributed by atoms with Crippen LogP contribution in [-0.4, -0.2) is 49.5 Å². The number of benzene rings is 1. The number of aliphatic hydroxyl groups is 3. The molecule has 3 aliphatic carbocycles. The number of hydrogen-bond acceptors (Lipinski definition) is 10. The lowest BCUT2D eigenvalue weighted by molar-refractivity contribution is -0.149. The van der Waals surface area contributed by atoms with Gasteiger partial charge in [0.25, 0.3) is 5.91 Å². The van der Waals surface area contributed by atoms with E-state index in [0.717, 1.165) is 0 Å². The van der Waals surface area contributed by atoms with Gasteiger partial charge in [-0.25, -0.2) is 0 Å². The van der Waals surface area contributed by atoms with Crippen LogP contribution in [0, 0.1) is 11.8 Å². The Morgan fingerprint density at radius 2 is 1.77 bits per heavy atom. The lowest BCUT2D eigenvalue weighted by atomic mass is 9.58. The molecule has 0 bridgehead atoms. The smallest absolute Gasteiger partial charge is 0.255 e. The van der Waals surface area contributed by atoms with E-state index in [-0.39, 0.29) is 35.4 Å². The maximum absolute atomic E-state index is 13.3. The number of anilines is 2. The molecule has 1 saturated carbocycles. The monoisotopic (exact) mass is 416 g/mol. The maximum atomic E-state index is 13.3. The number of ketones is 2. The fraction of sp³-hybridized carbons (Fsp3) is 0.316. The minimum atomic E-state index is -2.74. The van der Waals surface area contributed by atoms with Crippen molar-refractivity contribution in [2.24, 2.45) is 23.3 Å². The molecule has 1 aromatic carbocycles. The molecular weight excluding hydrogens is 396 g/mol. The Labute approximate surface area is 169 Å². The van der Waals surface area contributed by atoms with Crippen molar-refractivity contribution in [2.75, 3.05) is 11.5 Å². The quantitative estimate of drug-likeness (QED) is 0.114. The molecular formula is C19H20N4O7. The van der Waals surface area contributed by atoms with Crippen molar-refractivity contribution >= 4 is 34.6 Å². The van der Waals surface area contributed by atoms with Crippen molar-refractivity contribution < 1.29 is 34.8 Å². The summed E-state index contributed by atoms with van der Waals surface area (Å²) in [5, 5.41) is 42.8. The summed E-state index contributed by atoms with van der Waals surface area (Å²) in [6, 6.07) is -0.170. The summed E-state index contributed by atoms with van der Waals surface area (Å²) in [5.74, 6) is -7.81. The molecule has 0 radical (unpaired) electrons. The zero-order valence-corrected chi connectivity index (χ0v) is 15.5. The largest absolute Gasteiger partial charge is 0.508 e. The lowest BCUT2D eigenvalue weighted by Crippen LogP contribution is -2.65. The average molecular weight is 416 g/mol. The molecule has 0 heterocycles. The van der Waals surface area contributed by atoms with Crippen LogP contribution in [0.15, 0.2) is 23.0 Å². The fourth-order valence-electron chi connectivity index (χ4n) is 4.84. The normalized spacial score (nSPS) is 30.7. The highest BCUT2D eigenvalue weighted by atomic mass is 16.3. The number of phenols is 1. The fourth-order valence-corrected chi connectivity index (χ4v) is 4.84. The molecule has 11 heteroatoms. The average Bonchev–Trinajstić information content (AvgIpc) is 2.66. The molecule has 0 spiro atoms. The first-order valence-corrected chi connectivity index (χ1v) is 9.06. The summed E-state index contributed by atoms with van der Waals surface area (Å²) < 4.78 is 0. The molecule has 1 amide bonds. The summed E-state index contributed by atoms with van der Waals surface area (Å²) in [4.78, 5) is 37.4. The van der Waals surface area contributed by atoms with Crippen LogP contribution in [0.1, 0.15) is 17.5 Å². The Morgan fingerprint density at radius 1 is 1.13 bits per heavy atom. The second-order valence-electron chi connectivity index (χ2n) is 7.84. The predicted octanol–water partition coefficient (Wildman–Crippen LogP) is -1.47. The van der Waals surface area contributed by atoms with E-state index >= 15 is 0 Å². The van der Waals surface area contributed by atoms with E-state index in [9.17, 15) is 34.8 Å². The molecule has 3 aliphatic rings. The van der Waals surface area contributed by atoms with E-state index in [1.165, 1.54) is 6.07 Å². The van der Waals surface area contributed by atoms with Crippen molar-refractivity contribution in [1.82, 2.24) is 0 Å². The first kappa shape index (κ1) is 19.7. The Hall–Kier alpha value is -3.57. The van der Waals surface area contributed by atoms with Gasteiger partial charge in [0.1, 0.15) is 22.8 Å². The van der Waals surface area contributed by atoms with Gasteiger partial charge in [0, 0.05) is 17.2 Å². The number of nitrogens with two attached hydrogens (primary N) is 4. The van der Waals surface area contributed by atoms with Crippen LogP contribution < -0.4 is 22.9 Å². The molecule has 1 unspecified atom stereocenters. The highest BCUT2D eigenvalue weighted by Crippen LogP contribution is 2.53. The van der Waals surface area contributed by atoms with Gasteiger partial charge in [-0.1, -0.05) is 0 Å². The third-order valence-corrected chi connectivity index (χ3v) is 6.31. The predicted molar refractivity (Wildman–Crippen MR) is 104 cm³/mol. The number of carbonyl (C=O) groups is 3. The molecule has 1 fully saturated rings. The molecule has 30 heavy (non-hydrogen) atoms. The number of phenolic OH excluding ortho intramolecular Hbond substituents is 1. The highest BCUT2D eigenvalue weighted by molar-refractivity contribution is 6.24. The third kappa shape index (κ3) is 2.18. The molecule has 4 rings (SSSR count). The van der Waals surface area contributed by atoms with E-state index in [0.29, 0.717) is 5.56 Å². The van der Waals surface area contributed by atoms with Crippen molar-refractivity contribution in [1.29, 1.82) is 0 Å². The Bertz CT molecular complexity index is 1120. The molecule has 4 atom stereocenters. The number of aromatic hydroxyl groups is 1. The molecule has 12 N–H and O–H groups in total. The van der Waals surface area contributed by atoms with Gasteiger partial charge < -0.3 is 43.4 Å². The van der Waals surface area contributed by atoms with Gasteiger partial charge in [-0.15, -0.1) is 0 Å². The Balaban J connectivity index is 1.99. The number of primary amides is 1. The molecule has 0 aromatic heterocycles. The van der Waals surface area contributed by atoms with Crippen molar-refractivity contribution in [3.05, 3.63) is 34.1 Å². The minimum Gasteiger partial charge on any atom is -0.508 e. The van der Waals surface area contributed by atoms with Gasteiger partial charge in [-0.05, 0) is 30.4 Å². The molecule has 11 nitrogen and oxygen atoms in total. The molecule has 0 saturated heterocycles. The summed E-state index contributed by atoms with van der Waals surface area (Å²) >= 11 is 0. The summed E-state index contributed by atoms with van der Waals surface area (Å²) in [5.41, 5.74) is 19.0.